The third-order valence-corrected chi connectivity index (χ3v) is 4.66. The van der Waals surface area contributed by atoms with Gasteiger partial charge < -0.3 is 0 Å². The Kier molecular flexibility index (Phi) is 4.02. The summed E-state index contributed by atoms with van der Waals surface area (Å²) >= 11 is 2.36. The zero-order valence-corrected chi connectivity index (χ0v) is 12.4. The Labute approximate surface area is 116 Å². The summed E-state index contributed by atoms with van der Waals surface area (Å²) in [6.45, 7) is 0. The van der Waals surface area contributed by atoms with Gasteiger partial charge in [0.2, 0.25) is 0 Å². The van der Waals surface area contributed by atoms with Gasteiger partial charge in [-0.15, -0.1) is 0 Å². The van der Waals surface area contributed by atoms with Crippen LogP contribution in [0, 0.1) is 0 Å². The molecule has 2 aromatic heterocycles. The van der Waals surface area contributed by atoms with E-state index in [1.165, 1.54) is 12.3 Å². The third kappa shape index (κ3) is 3.52. The van der Waals surface area contributed by atoms with Gasteiger partial charge in [0.15, 0.2) is 0 Å². The van der Waals surface area contributed by atoms with Crippen molar-refractivity contribution < 1.29 is 13.2 Å². The summed E-state index contributed by atoms with van der Waals surface area (Å²) in [6.07, 6.45) is 0.0423. The fourth-order valence-electron chi connectivity index (χ4n) is 1.16. The molecule has 3 nitrogen and oxygen atoms in total. The number of halogens is 4. The molecule has 2 rings (SSSR count). The second-order valence-corrected chi connectivity index (χ2v) is 6.90. The van der Waals surface area contributed by atoms with Crippen LogP contribution in [0.2, 0.25) is 0 Å². The number of alkyl halides is 3. The summed E-state index contributed by atoms with van der Waals surface area (Å²) in [5.74, 6) is 0. The number of hydrogen-bond donors (Lipinski definition) is 0. The van der Waals surface area contributed by atoms with Crippen molar-refractivity contribution in [2.24, 2.45) is 0 Å². The van der Waals surface area contributed by atoms with Crippen molar-refractivity contribution in [2.75, 3.05) is 0 Å². The zero-order valence-electron chi connectivity index (χ0n) is 8.74. The predicted octanol–water partition coefficient (Wildman–Crippen LogP) is 1.04. The number of aromatic nitrogens is 3. The van der Waals surface area contributed by atoms with E-state index in [9.17, 15) is 13.2 Å². The van der Waals surface area contributed by atoms with E-state index in [0.29, 0.717) is 4.60 Å². The second-order valence-electron chi connectivity index (χ2n) is 3.28. The fraction of sp³-hybridized carbons (Fsp3) is 0.100. The third-order valence-electron chi connectivity index (χ3n) is 1.95. The first-order valence-corrected chi connectivity index (χ1v) is 7.62. The van der Waals surface area contributed by atoms with Crippen LogP contribution in [-0.2, 0) is 6.18 Å². The van der Waals surface area contributed by atoms with Gasteiger partial charge in [-0.25, -0.2) is 0 Å². The minimum atomic E-state index is -4.39. The van der Waals surface area contributed by atoms with E-state index in [-0.39, 0.29) is 0 Å². The summed E-state index contributed by atoms with van der Waals surface area (Å²) in [5.41, 5.74) is -0.875. The molecule has 0 saturated heterocycles. The van der Waals surface area contributed by atoms with Crippen molar-refractivity contribution in [1.82, 2.24) is 15.0 Å². The molecular weight excluding hydrogens is 374 g/mol. The number of rotatable bonds is 2. The minimum absolute atomic E-state index is 0.628. The summed E-state index contributed by atoms with van der Waals surface area (Å²) in [6, 6.07) is 2.44. The number of hydrogen-bond acceptors (Lipinski definition) is 3. The van der Waals surface area contributed by atoms with Gasteiger partial charge in [-0.1, -0.05) is 0 Å². The van der Waals surface area contributed by atoms with E-state index in [1.807, 2.05) is 0 Å². The molecule has 0 amide bonds. The van der Waals surface area contributed by atoms with Crippen molar-refractivity contribution >= 4 is 40.5 Å². The van der Waals surface area contributed by atoms with E-state index >= 15 is 0 Å². The van der Waals surface area contributed by atoms with Crippen LogP contribution in [0.5, 0.6) is 0 Å². The van der Waals surface area contributed by atoms with Crippen LogP contribution in [0.4, 0.5) is 13.2 Å². The van der Waals surface area contributed by atoms with Crippen LogP contribution in [0.25, 0.3) is 0 Å². The molecule has 0 aliphatic carbocycles. The van der Waals surface area contributed by atoms with E-state index in [4.69, 9.17) is 0 Å². The van der Waals surface area contributed by atoms with Crippen LogP contribution < -0.4 is 8.83 Å². The molecule has 8 heteroatoms. The van der Waals surface area contributed by atoms with E-state index in [1.54, 1.807) is 12.4 Å². The molecular formula is C10H6AsBrF3N3. The van der Waals surface area contributed by atoms with Gasteiger partial charge in [0, 0.05) is 0 Å². The molecule has 2 aromatic rings. The van der Waals surface area contributed by atoms with Crippen LogP contribution in [0.1, 0.15) is 5.69 Å². The molecule has 0 aliphatic heterocycles. The molecule has 0 spiro atoms. The maximum absolute atomic E-state index is 12.3. The number of pyridine rings is 1. The van der Waals surface area contributed by atoms with Crippen molar-refractivity contribution in [3.05, 3.63) is 41.0 Å². The molecule has 0 N–H and O–H groups in total. The Hall–Kier alpha value is -0.942. The monoisotopic (exact) mass is 379 g/mol. The Morgan fingerprint density at radius 3 is 2.28 bits per heavy atom. The Morgan fingerprint density at radius 1 is 1.00 bits per heavy atom. The normalized spacial score (nSPS) is 12.2. The molecule has 94 valence electrons. The molecule has 18 heavy (non-hydrogen) atoms. The van der Waals surface area contributed by atoms with Crippen LogP contribution in [-0.4, -0.2) is 30.7 Å². The SMILES string of the molecule is FC(F)(F)c1ccc([AsH]c2cnc(Br)cn2)cn1. The molecule has 0 fully saturated rings. The molecule has 0 radical (unpaired) electrons. The summed E-state index contributed by atoms with van der Waals surface area (Å²) < 4.78 is 39.1. The molecule has 0 aromatic carbocycles. The van der Waals surface area contributed by atoms with Gasteiger partial charge >= 0.3 is 116 Å². The van der Waals surface area contributed by atoms with Crippen molar-refractivity contribution in [3.63, 3.8) is 0 Å². The van der Waals surface area contributed by atoms with Crippen molar-refractivity contribution in [1.29, 1.82) is 0 Å². The average molecular weight is 380 g/mol. The predicted molar refractivity (Wildman–Crippen MR) is 65.4 cm³/mol. The van der Waals surface area contributed by atoms with E-state index in [2.05, 4.69) is 30.9 Å². The first-order valence-electron chi connectivity index (χ1n) is 4.73. The summed E-state index contributed by atoms with van der Waals surface area (Å²) in [7, 11) is 0. The van der Waals surface area contributed by atoms with Gasteiger partial charge in [0.25, 0.3) is 0 Å². The second kappa shape index (κ2) is 5.36. The van der Waals surface area contributed by atoms with Gasteiger partial charge in [0.05, 0.1) is 0 Å². The quantitative estimate of drug-likeness (QED) is 0.732. The van der Waals surface area contributed by atoms with Crippen LogP contribution in [0.3, 0.4) is 0 Å². The van der Waals surface area contributed by atoms with Crippen molar-refractivity contribution in [2.45, 2.75) is 6.18 Å². The van der Waals surface area contributed by atoms with Crippen molar-refractivity contribution in [3.8, 4) is 0 Å². The Bertz CT molecular complexity index is 528. The molecule has 0 aliphatic rings. The Balaban J connectivity index is 2.13. The molecule has 2 heterocycles. The van der Waals surface area contributed by atoms with Crippen LogP contribution >= 0.6 is 15.9 Å². The van der Waals surface area contributed by atoms with Crippen LogP contribution in [0.15, 0.2) is 35.3 Å². The van der Waals surface area contributed by atoms with E-state index < -0.39 is 27.6 Å². The first kappa shape index (κ1) is 13.5. The Morgan fingerprint density at radius 2 is 1.78 bits per heavy atom. The molecule has 1 atom stereocenters. The number of nitrogens with zero attached hydrogens (tertiary/aromatic N) is 3. The standard InChI is InChI=1S/C10H6AsBrF3N3/c12-9-5-17-8(4-18-9)11-6-1-2-7(16-3-6)10(13,14)15/h1-5,11H. The fourth-order valence-corrected chi connectivity index (χ4v) is 3.15. The summed E-state index contributed by atoms with van der Waals surface area (Å²) in [5, 5.41) is 0. The van der Waals surface area contributed by atoms with Gasteiger partial charge in [-0.2, -0.15) is 0 Å². The molecule has 1 unspecified atom stereocenters. The van der Waals surface area contributed by atoms with E-state index in [0.717, 1.165) is 14.9 Å². The molecule has 0 bridgehead atoms. The topological polar surface area (TPSA) is 38.7 Å². The molecule has 0 saturated carbocycles. The zero-order chi connectivity index (χ0) is 13.2. The summed E-state index contributed by atoms with van der Waals surface area (Å²) in [4.78, 5) is 11.6. The average Bonchev–Trinajstić information content (AvgIpc) is 2.32. The van der Waals surface area contributed by atoms with Gasteiger partial charge in [-0.05, 0) is 0 Å². The van der Waals surface area contributed by atoms with Gasteiger partial charge in [-0.3, -0.25) is 0 Å². The first-order chi connectivity index (χ1) is 8.45. The maximum atomic E-state index is 12.3. The van der Waals surface area contributed by atoms with Gasteiger partial charge in [0.1, 0.15) is 0 Å².